The number of aryl methyl sites for hydroxylation is 1. The molecular formula is C11H19N3O2. The summed E-state index contributed by atoms with van der Waals surface area (Å²) in [4.78, 5) is 15.6. The van der Waals surface area contributed by atoms with Crippen LogP contribution in [-0.4, -0.2) is 32.7 Å². The second-order valence-corrected chi connectivity index (χ2v) is 4.04. The van der Waals surface area contributed by atoms with Crippen LogP contribution in [0, 0.1) is 0 Å². The van der Waals surface area contributed by atoms with Gasteiger partial charge >= 0.3 is 0 Å². The van der Waals surface area contributed by atoms with Crippen molar-refractivity contribution < 1.29 is 9.90 Å². The van der Waals surface area contributed by atoms with Crippen LogP contribution in [0.2, 0.25) is 0 Å². The number of hydrogen-bond acceptors (Lipinski definition) is 3. The molecule has 0 aromatic carbocycles. The maximum absolute atomic E-state index is 11.6. The third-order valence-corrected chi connectivity index (χ3v) is 2.83. The fourth-order valence-electron chi connectivity index (χ4n) is 1.37. The maximum atomic E-state index is 11.6. The average Bonchev–Trinajstić information content (AvgIpc) is 2.72. The average molecular weight is 225 g/mol. The van der Waals surface area contributed by atoms with E-state index >= 15 is 0 Å². The lowest BCUT2D eigenvalue weighted by Gasteiger charge is -2.25. The van der Waals surface area contributed by atoms with Gasteiger partial charge in [-0.3, -0.25) is 4.79 Å². The van der Waals surface area contributed by atoms with Crippen LogP contribution in [0.4, 0.5) is 0 Å². The van der Waals surface area contributed by atoms with Crippen molar-refractivity contribution >= 4 is 5.91 Å². The van der Waals surface area contributed by atoms with Gasteiger partial charge in [0.25, 0.3) is 5.91 Å². The molecule has 0 bridgehead atoms. The molecule has 0 radical (unpaired) electrons. The molecule has 0 spiro atoms. The third kappa shape index (κ3) is 3.06. The first-order chi connectivity index (χ1) is 7.50. The lowest BCUT2D eigenvalue weighted by atomic mass is 9.97. The topological polar surface area (TPSA) is 67.2 Å². The first-order valence-corrected chi connectivity index (χ1v) is 5.49. The minimum absolute atomic E-state index is 0.249. The first-order valence-electron chi connectivity index (χ1n) is 5.49. The van der Waals surface area contributed by atoms with Crippen molar-refractivity contribution in [2.75, 3.05) is 6.54 Å². The Morgan fingerprint density at radius 2 is 2.19 bits per heavy atom. The van der Waals surface area contributed by atoms with Gasteiger partial charge in [-0.15, -0.1) is 0 Å². The summed E-state index contributed by atoms with van der Waals surface area (Å²) in [5, 5.41) is 12.7. The Morgan fingerprint density at radius 1 is 1.56 bits per heavy atom. The zero-order valence-corrected chi connectivity index (χ0v) is 10.0. The number of carbonyl (C=O) groups is 1. The molecule has 2 N–H and O–H groups in total. The van der Waals surface area contributed by atoms with Crippen LogP contribution in [-0.2, 0) is 7.05 Å². The van der Waals surface area contributed by atoms with Crippen molar-refractivity contribution in [3.8, 4) is 0 Å². The van der Waals surface area contributed by atoms with E-state index in [1.807, 2.05) is 13.8 Å². The smallest absolute Gasteiger partial charge is 0.271 e. The molecule has 1 heterocycles. The van der Waals surface area contributed by atoms with Crippen LogP contribution < -0.4 is 5.32 Å². The maximum Gasteiger partial charge on any atom is 0.271 e. The fraction of sp³-hybridized carbons (Fsp3) is 0.636. The monoisotopic (exact) mass is 225 g/mol. The molecule has 0 saturated carbocycles. The van der Waals surface area contributed by atoms with Crippen molar-refractivity contribution in [1.82, 2.24) is 14.9 Å². The zero-order chi connectivity index (χ0) is 12.2. The van der Waals surface area contributed by atoms with E-state index in [4.69, 9.17) is 0 Å². The van der Waals surface area contributed by atoms with E-state index < -0.39 is 5.60 Å². The van der Waals surface area contributed by atoms with Crippen LogP contribution in [0.5, 0.6) is 0 Å². The highest BCUT2D eigenvalue weighted by molar-refractivity contribution is 5.92. The molecule has 90 valence electrons. The van der Waals surface area contributed by atoms with E-state index in [-0.39, 0.29) is 12.5 Å². The summed E-state index contributed by atoms with van der Waals surface area (Å²) < 4.78 is 1.71. The molecule has 0 aliphatic rings. The van der Waals surface area contributed by atoms with Gasteiger partial charge < -0.3 is 15.0 Å². The first kappa shape index (κ1) is 12.7. The summed E-state index contributed by atoms with van der Waals surface area (Å²) >= 11 is 0. The molecule has 0 unspecified atom stereocenters. The zero-order valence-electron chi connectivity index (χ0n) is 10.0. The van der Waals surface area contributed by atoms with Crippen molar-refractivity contribution in [1.29, 1.82) is 0 Å². The number of nitrogens with zero attached hydrogens (tertiary/aromatic N) is 2. The summed E-state index contributed by atoms with van der Waals surface area (Å²) in [6.45, 7) is 4.06. The van der Waals surface area contributed by atoms with Crippen LogP contribution in [0.1, 0.15) is 37.2 Å². The van der Waals surface area contributed by atoms with Gasteiger partial charge in [0.2, 0.25) is 0 Å². The van der Waals surface area contributed by atoms with Gasteiger partial charge in [0.15, 0.2) is 0 Å². The molecule has 0 saturated heterocycles. The number of aromatic nitrogens is 2. The molecule has 0 fully saturated rings. The highest BCUT2D eigenvalue weighted by Crippen LogP contribution is 2.12. The van der Waals surface area contributed by atoms with E-state index in [0.29, 0.717) is 18.5 Å². The van der Waals surface area contributed by atoms with E-state index in [0.717, 1.165) is 0 Å². The van der Waals surface area contributed by atoms with Crippen LogP contribution in [0.3, 0.4) is 0 Å². The molecule has 0 aliphatic heterocycles. The third-order valence-electron chi connectivity index (χ3n) is 2.83. The van der Waals surface area contributed by atoms with E-state index in [1.54, 1.807) is 24.1 Å². The Morgan fingerprint density at radius 3 is 2.62 bits per heavy atom. The van der Waals surface area contributed by atoms with Gasteiger partial charge in [-0.1, -0.05) is 13.8 Å². The van der Waals surface area contributed by atoms with Crippen molar-refractivity contribution in [3.63, 3.8) is 0 Å². The Balaban J connectivity index is 2.53. The molecule has 0 aliphatic carbocycles. The summed E-state index contributed by atoms with van der Waals surface area (Å²) in [5.41, 5.74) is -0.443. The Labute approximate surface area is 95.5 Å². The number of hydrogen-bond donors (Lipinski definition) is 2. The molecule has 1 amide bonds. The van der Waals surface area contributed by atoms with Crippen LogP contribution in [0.25, 0.3) is 0 Å². The Bertz CT molecular complexity index is 356. The number of carbonyl (C=O) groups excluding carboxylic acids is 1. The standard InChI is InChI=1S/C11H19N3O2/c1-4-11(16,5-2)7-12-10(15)9-6-14(3)8-13-9/h6,8,16H,4-5,7H2,1-3H3,(H,12,15). The number of aliphatic hydroxyl groups is 1. The van der Waals surface area contributed by atoms with Crippen molar-refractivity contribution in [2.24, 2.45) is 7.05 Å². The van der Waals surface area contributed by atoms with Gasteiger partial charge in [-0.05, 0) is 12.8 Å². The van der Waals surface area contributed by atoms with Crippen LogP contribution >= 0.6 is 0 Å². The van der Waals surface area contributed by atoms with Gasteiger partial charge in [0, 0.05) is 19.8 Å². The van der Waals surface area contributed by atoms with Crippen molar-refractivity contribution in [3.05, 3.63) is 18.2 Å². The predicted octanol–water partition coefficient (Wildman–Crippen LogP) is 0.701. The second kappa shape index (κ2) is 5.12. The fourth-order valence-corrected chi connectivity index (χ4v) is 1.37. The SMILES string of the molecule is CCC(O)(CC)CNC(=O)c1cn(C)cn1. The predicted molar refractivity (Wildman–Crippen MR) is 61.1 cm³/mol. The molecule has 5 heteroatoms. The van der Waals surface area contributed by atoms with Crippen LogP contribution in [0.15, 0.2) is 12.5 Å². The van der Waals surface area contributed by atoms with Gasteiger partial charge in [0.1, 0.15) is 5.69 Å². The van der Waals surface area contributed by atoms with E-state index in [9.17, 15) is 9.90 Å². The molecule has 5 nitrogen and oxygen atoms in total. The van der Waals surface area contributed by atoms with Gasteiger partial charge in [-0.25, -0.2) is 4.98 Å². The highest BCUT2D eigenvalue weighted by atomic mass is 16.3. The lowest BCUT2D eigenvalue weighted by molar-refractivity contribution is 0.0313. The van der Waals surface area contributed by atoms with E-state index in [1.165, 1.54) is 0 Å². The number of imidazole rings is 1. The minimum atomic E-state index is -0.815. The van der Waals surface area contributed by atoms with Crippen molar-refractivity contribution in [2.45, 2.75) is 32.3 Å². The Hall–Kier alpha value is -1.36. The summed E-state index contributed by atoms with van der Waals surface area (Å²) in [5.74, 6) is -0.249. The minimum Gasteiger partial charge on any atom is -0.388 e. The van der Waals surface area contributed by atoms with Gasteiger partial charge in [0.05, 0.1) is 11.9 Å². The lowest BCUT2D eigenvalue weighted by Crippen LogP contribution is -2.42. The summed E-state index contributed by atoms with van der Waals surface area (Å²) in [6.07, 6.45) is 4.45. The molecule has 1 aromatic rings. The second-order valence-electron chi connectivity index (χ2n) is 4.04. The summed E-state index contributed by atoms with van der Waals surface area (Å²) in [6, 6.07) is 0. The summed E-state index contributed by atoms with van der Waals surface area (Å²) in [7, 11) is 1.80. The molecule has 1 rings (SSSR count). The molecule has 16 heavy (non-hydrogen) atoms. The molecule has 0 atom stereocenters. The number of rotatable bonds is 5. The Kier molecular flexibility index (Phi) is 4.06. The van der Waals surface area contributed by atoms with E-state index in [2.05, 4.69) is 10.3 Å². The molecular weight excluding hydrogens is 206 g/mol. The van der Waals surface area contributed by atoms with Gasteiger partial charge in [-0.2, -0.15) is 0 Å². The number of amides is 1. The highest BCUT2D eigenvalue weighted by Gasteiger charge is 2.23. The largest absolute Gasteiger partial charge is 0.388 e. The number of nitrogens with one attached hydrogen (secondary N) is 1. The normalized spacial score (nSPS) is 11.5. The quantitative estimate of drug-likeness (QED) is 0.775. The molecule has 1 aromatic heterocycles.